The molecule has 2 rings (SSSR count). The summed E-state index contributed by atoms with van der Waals surface area (Å²) in [6.45, 7) is 8.13. The number of β-amino-alcohol motifs (C(OH)–C–C–N with tert-alkyl or cyclic N) is 1. The second-order valence-corrected chi connectivity index (χ2v) is 6.21. The summed E-state index contributed by atoms with van der Waals surface area (Å²) in [5.74, 6) is 0.860. The molecule has 0 bridgehead atoms. The molecule has 1 aliphatic carbocycles. The molecule has 0 aromatic heterocycles. The van der Waals surface area contributed by atoms with E-state index in [1.165, 1.54) is 32.2 Å². The first-order valence-corrected chi connectivity index (χ1v) is 6.71. The molecule has 0 spiro atoms. The molecule has 1 aliphatic heterocycles. The Morgan fingerprint density at radius 1 is 1.19 bits per heavy atom. The number of aliphatic hydroxyl groups is 1. The van der Waals surface area contributed by atoms with Crippen molar-refractivity contribution in [3.63, 3.8) is 0 Å². The third kappa shape index (κ3) is 4.40. The van der Waals surface area contributed by atoms with Crippen LogP contribution in [0.25, 0.3) is 0 Å². The van der Waals surface area contributed by atoms with Gasteiger partial charge in [-0.2, -0.15) is 0 Å². The minimum absolute atomic E-state index is 0.543. The monoisotopic (exact) mass is 226 g/mol. The average Bonchev–Trinajstić information content (AvgIpc) is 2.98. The van der Waals surface area contributed by atoms with E-state index in [-0.39, 0.29) is 0 Å². The quantitative estimate of drug-likeness (QED) is 0.740. The van der Waals surface area contributed by atoms with Crippen LogP contribution in [0.3, 0.4) is 0 Å². The Balaban J connectivity index is 1.61. The maximum Gasteiger partial charge on any atom is 0.0718 e. The molecule has 1 heterocycles. The van der Waals surface area contributed by atoms with Gasteiger partial charge in [-0.25, -0.2) is 0 Å². The van der Waals surface area contributed by atoms with Crippen molar-refractivity contribution < 1.29 is 5.11 Å². The first-order chi connectivity index (χ1) is 7.53. The van der Waals surface area contributed by atoms with Gasteiger partial charge in [-0.3, -0.25) is 0 Å². The summed E-state index contributed by atoms with van der Waals surface area (Å²) in [5.41, 5.74) is -0.543. The van der Waals surface area contributed by atoms with Crippen molar-refractivity contribution in [2.75, 3.05) is 26.2 Å². The van der Waals surface area contributed by atoms with Crippen molar-refractivity contribution in [1.82, 2.24) is 10.2 Å². The molecule has 1 saturated carbocycles. The van der Waals surface area contributed by atoms with Gasteiger partial charge < -0.3 is 15.3 Å². The number of rotatable bonds is 5. The Kier molecular flexibility index (Phi) is 3.88. The van der Waals surface area contributed by atoms with Crippen molar-refractivity contribution in [1.29, 1.82) is 0 Å². The standard InChI is InChI=1S/C13H26N2O/c1-13(2,16)10-15-7-5-11(6-8-15)9-14-12-3-4-12/h11-12,14,16H,3-10H2,1-2H3. The molecule has 0 radical (unpaired) electrons. The maximum atomic E-state index is 9.77. The molecule has 1 saturated heterocycles. The largest absolute Gasteiger partial charge is 0.389 e. The summed E-state index contributed by atoms with van der Waals surface area (Å²) in [7, 11) is 0. The smallest absolute Gasteiger partial charge is 0.0718 e. The number of hydrogen-bond donors (Lipinski definition) is 2. The second-order valence-electron chi connectivity index (χ2n) is 6.21. The zero-order valence-electron chi connectivity index (χ0n) is 10.7. The Hall–Kier alpha value is -0.120. The number of piperidine rings is 1. The summed E-state index contributed by atoms with van der Waals surface area (Å²) in [6, 6.07) is 0.842. The van der Waals surface area contributed by atoms with Crippen LogP contribution in [0.15, 0.2) is 0 Å². The van der Waals surface area contributed by atoms with E-state index in [1.807, 2.05) is 13.8 Å². The van der Waals surface area contributed by atoms with Gasteiger partial charge in [-0.05, 0) is 65.1 Å². The van der Waals surface area contributed by atoms with Crippen LogP contribution < -0.4 is 5.32 Å². The lowest BCUT2D eigenvalue weighted by atomic mass is 9.95. The predicted octanol–water partition coefficient (Wildman–Crippen LogP) is 1.22. The third-order valence-corrected chi connectivity index (χ3v) is 3.59. The second kappa shape index (κ2) is 5.03. The fourth-order valence-corrected chi connectivity index (χ4v) is 2.52. The van der Waals surface area contributed by atoms with Gasteiger partial charge in [0.1, 0.15) is 0 Å². The van der Waals surface area contributed by atoms with E-state index in [2.05, 4.69) is 10.2 Å². The third-order valence-electron chi connectivity index (χ3n) is 3.59. The van der Waals surface area contributed by atoms with Crippen molar-refractivity contribution in [3.05, 3.63) is 0 Å². The van der Waals surface area contributed by atoms with Crippen molar-refractivity contribution in [3.8, 4) is 0 Å². The summed E-state index contributed by atoms with van der Waals surface area (Å²) in [5, 5.41) is 13.4. The van der Waals surface area contributed by atoms with Crippen molar-refractivity contribution in [2.45, 2.75) is 51.2 Å². The molecule has 0 aromatic carbocycles. The molecular formula is C13H26N2O. The highest BCUT2D eigenvalue weighted by molar-refractivity contribution is 4.84. The Bertz CT molecular complexity index is 212. The zero-order valence-corrected chi connectivity index (χ0v) is 10.7. The van der Waals surface area contributed by atoms with Crippen LogP contribution in [0.5, 0.6) is 0 Å². The SMILES string of the molecule is CC(C)(O)CN1CCC(CNC2CC2)CC1. The highest BCUT2D eigenvalue weighted by atomic mass is 16.3. The average molecular weight is 226 g/mol. The first kappa shape index (κ1) is 12.3. The first-order valence-electron chi connectivity index (χ1n) is 6.71. The molecule has 0 unspecified atom stereocenters. The molecular weight excluding hydrogens is 200 g/mol. The Morgan fingerprint density at radius 3 is 2.31 bits per heavy atom. The van der Waals surface area contributed by atoms with Crippen LogP contribution in [0.4, 0.5) is 0 Å². The van der Waals surface area contributed by atoms with Crippen LogP contribution in [0.1, 0.15) is 39.5 Å². The zero-order chi connectivity index (χ0) is 11.6. The lowest BCUT2D eigenvalue weighted by Gasteiger charge is -2.35. The van der Waals surface area contributed by atoms with Gasteiger partial charge in [0.25, 0.3) is 0 Å². The lowest BCUT2D eigenvalue weighted by molar-refractivity contribution is 0.0245. The van der Waals surface area contributed by atoms with Gasteiger partial charge in [0.15, 0.2) is 0 Å². The van der Waals surface area contributed by atoms with Crippen LogP contribution in [-0.2, 0) is 0 Å². The van der Waals surface area contributed by atoms with Crippen LogP contribution in [0, 0.1) is 5.92 Å². The maximum absolute atomic E-state index is 9.77. The summed E-state index contributed by atoms with van der Waals surface area (Å²) in [6.07, 6.45) is 5.35. The number of nitrogens with zero attached hydrogens (tertiary/aromatic N) is 1. The Labute approximate surface area is 99.2 Å². The lowest BCUT2D eigenvalue weighted by Crippen LogP contribution is -2.44. The molecule has 0 atom stereocenters. The van der Waals surface area contributed by atoms with Crippen LogP contribution in [-0.4, -0.2) is 47.8 Å². The van der Waals surface area contributed by atoms with E-state index in [4.69, 9.17) is 0 Å². The van der Waals surface area contributed by atoms with Gasteiger partial charge >= 0.3 is 0 Å². The summed E-state index contributed by atoms with van der Waals surface area (Å²) >= 11 is 0. The van der Waals surface area contributed by atoms with Gasteiger partial charge in [0.05, 0.1) is 5.60 Å². The topological polar surface area (TPSA) is 35.5 Å². The summed E-state index contributed by atoms with van der Waals surface area (Å²) in [4.78, 5) is 2.40. The van der Waals surface area contributed by atoms with Gasteiger partial charge in [-0.1, -0.05) is 0 Å². The highest BCUT2D eigenvalue weighted by Crippen LogP contribution is 2.22. The minimum atomic E-state index is -0.543. The van der Waals surface area contributed by atoms with E-state index in [0.717, 1.165) is 31.6 Å². The molecule has 3 nitrogen and oxygen atoms in total. The number of hydrogen-bond acceptors (Lipinski definition) is 3. The molecule has 0 amide bonds. The van der Waals surface area contributed by atoms with E-state index in [9.17, 15) is 5.11 Å². The fraction of sp³-hybridized carbons (Fsp3) is 1.00. The Morgan fingerprint density at radius 2 is 1.81 bits per heavy atom. The van der Waals surface area contributed by atoms with Crippen LogP contribution in [0.2, 0.25) is 0 Å². The van der Waals surface area contributed by atoms with E-state index in [1.54, 1.807) is 0 Å². The predicted molar refractivity (Wildman–Crippen MR) is 66.5 cm³/mol. The van der Waals surface area contributed by atoms with Crippen molar-refractivity contribution in [2.24, 2.45) is 5.92 Å². The van der Waals surface area contributed by atoms with Crippen LogP contribution >= 0.6 is 0 Å². The molecule has 2 aliphatic rings. The summed E-state index contributed by atoms with van der Waals surface area (Å²) < 4.78 is 0. The van der Waals surface area contributed by atoms with E-state index in [0.29, 0.717) is 0 Å². The fourth-order valence-electron chi connectivity index (χ4n) is 2.52. The number of nitrogens with one attached hydrogen (secondary N) is 1. The van der Waals surface area contributed by atoms with Gasteiger partial charge in [0.2, 0.25) is 0 Å². The van der Waals surface area contributed by atoms with E-state index >= 15 is 0 Å². The number of likely N-dealkylation sites (tertiary alicyclic amines) is 1. The molecule has 16 heavy (non-hydrogen) atoms. The molecule has 0 aromatic rings. The normalized spacial score (nSPS) is 24.9. The van der Waals surface area contributed by atoms with E-state index < -0.39 is 5.60 Å². The minimum Gasteiger partial charge on any atom is -0.389 e. The van der Waals surface area contributed by atoms with Crippen molar-refractivity contribution >= 4 is 0 Å². The molecule has 2 fully saturated rings. The highest BCUT2D eigenvalue weighted by Gasteiger charge is 2.26. The van der Waals surface area contributed by atoms with Gasteiger partial charge in [-0.15, -0.1) is 0 Å². The molecule has 2 N–H and O–H groups in total. The molecule has 3 heteroatoms. The van der Waals surface area contributed by atoms with Gasteiger partial charge in [0, 0.05) is 12.6 Å². The molecule has 94 valence electrons.